The van der Waals surface area contributed by atoms with Gasteiger partial charge in [0.2, 0.25) is 5.91 Å². The molecule has 0 saturated heterocycles. The van der Waals surface area contributed by atoms with Gasteiger partial charge in [-0.2, -0.15) is 0 Å². The number of thioether (sulfide) groups is 1. The van der Waals surface area contributed by atoms with Crippen molar-refractivity contribution in [2.75, 3.05) is 12.9 Å². The molecule has 1 amide bonds. The van der Waals surface area contributed by atoms with E-state index in [0.29, 0.717) is 21.8 Å². The maximum Gasteiger partial charge on any atom is 0.339 e. The van der Waals surface area contributed by atoms with E-state index in [9.17, 15) is 14.0 Å². The van der Waals surface area contributed by atoms with Crippen LogP contribution in [0.5, 0.6) is 5.75 Å². The zero-order valence-corrected chi connectivity index (χ0v) is 16.3. The Hall–Kier alpha value is -2.54. The Balaban J connectivity index is 2.04. The van der Waals surface area contributed by atoms with E-state index in [1.807, 2.05) is 13.8 Å². The van der Waals surface area contributed by atoms with E-state index in [1.165, 1.54) is 37.1 Å². The van der Waals surface area contributed by atoms with Crippen molar-refractivity contribution in [2.45, 2.75) is 31.4 Å². The van der Waals surface area contributed by atoms with Crippen molar-refractivity contribution in [1.82, 2.24) is 5.32 Å². The van der Waals surface area contributed by atoms with Crippen LogP contribution in [0.4, 0.5) is 4.39 Å². The van der Waals surface area contributed by atoms with E-state index in [4.69, 9.17) is 9.47 Å². The van der Waals surface area contributed by atoms with Gasteiger partial charge in [-0.05, 0) is 44.2 Å². The fourth-order valence-corrected chi connectivity index (χ4v) is 3.20. The Morgan fingerprint density at radius 1 is 1.19 bits per heavy atom. The van der Waals surface area contributed by atoms with Crippen LogP contribution in [0.2, 0.25) is 0 Å². The predicted molar refractivity (Wildman–Crippen MR) is 103 cm³/mol. The van der Waals surface area contributed by atoms with Gasteiger partial charge in [-0.15, -0.1) is 11.8 Å². The smallest absolute Gasteiger partial charge is 0.339 e. The van der Waals surface area contributed by atoms with Gasteiger partial charge in [0, 0.05) is 16.5 Å². The van der Waals surface area contributed by atoms with E-state index >= 15 is 0 Å². The molecule has 1 N–H and O–H groups in total. The molecule has 144 valence electrons. The molecule has 2 rings (SSSR count). The third kappa shape index (κ3) is 6.29. The van der Waals surface area contributed by atoms with Crippen LogP contribution >= 0.6 is 11.8 Å². The second-order valence-corrected chi connectivity index (χ2v) is 7.06. The van der Waals surface area contributed by atoms with Crippen molar-refractivity contribution in [2.24, 2.45) is 0 Å². The number of rotatable bonds is 8. The number of carbonyl (C=O) groups is 2. The highest BCUT2D eigenvalue weighted by Crippen LogP contribution is 2.25. The first-order chi connectivity index (χ1) is 12.9. The van der Waals surface area contributed by atoms with Crippen molar-refractivity contribution in [1.29, 1.82) is 0 Å². The van der Waals surface area contributed by atoms with Crippen LogP contribution < -0.4 is 10.1 Å². The third-order valence-electron chi connectivity index (χ3n) is 3.52. The zero-order valence-electron chi connectivity index (χ0n) is 15.5. The quantitative estimate of drug-likeness (QED) is 0.548. The minimum atomic E-state index is -0.548. The number of carbonyl (C=O) groups excluding carboxylic acids is 2. The normalized spacial score (nSPS) is 10.6. The van der Waals surface area contributed by atoms with Crippen LogP contribution in [0.25, 0.3) is 0 Å². The first-order valence-corrected chi connectivity index (χ1v) is 9.40. The summed E-state index contributed by atoms with van der Waals surface area (Å²) in [6.07, 6.45) is 0. The Morgan fingerprint density at radius 2 is 1.93 bits per heavy atom. The van der Waals surface area contributed by atoms with Crippen LogP contribution in [0, 0.1) is 5.82 Å². The Labute approximate surface area is 162 Å². The molecule has 7 heteroatoms. The van der Waals surface area contributed by atoms with E-state index < -0.39 is 11.8 Å². The van der Waals surface area contributed by atoms with Crippen molar-refractivity contribution < 1.29 is 23.5 Å². The summed E-state index contributed by atoms with van der Waals surface area (Å²) in [4.78, 5) is 24.9. The first kappa shape index (κ1) is 20.8. The Bertz CT molecular complexity index is 810. The summed E-state index contributed by atoms with van der Waals surface area (Å²) in [5.74, 6) is -0.456. The van der Waals surface area contributed by atoms with Gasteiger partial charge >= 0.3 is 5.97 Å². The summed E-state index contributed by atoms with van der Waals surface area (Å²) in [6, 6.07) is 11.0. The van der Waals surface area contributed by atoms with Crippen molar-refractivity contribution in [3.63, 3.8) is 0 Å². The van der Waals surface area contributed by atoms with Crippen molar-refractivity contribution >= 4 is 23.6 Å². The molecule has 0 saturated carbocycles. The van der Waals surface area contributed by atoms with Gasteiger partial charge in [0.1, 0.15) is 18.2 Å². The lowest BCUT2D eigenvalue weighted by molar-refractivity contribution is -0.119. The third-order valence-corrected chi connectivity index (χ3v) is 4.59. The van der Waals surface area contributed by atoms with Gasteiger partial charge < -0.3 is 14.8 Å². The molecule has 5 nitrogen and oxygen atoms in total. The van der Waals surface area contributed by atoms with E-state index in [1.54, 1.807) is 24.3 Å². The molecule has 0 radical (unpaired) electrons. The first-order valence-electron chi connectivity index (χ1n) is 8.41. The van der Waals surface area contributed by atoms with Crippen molar-refractivity contribution in [3.8, 4) is 5.75 Å². The monoisotopic (exact) mass is 391 g/mol. The molecule has 0 aromatic heterocycles. The fourth-order valence-electron chi connectivity index (χ4n) is 2.35. The summed E-state index contributed by atoms with van der Waals surface area (Å²) in [7, 11) is 1.46. The number of esters is 1. The standard InChI is InChI=1S/C20H22FNO4S/c1-13(2)22-19(23)12-27-18-7-5-4-6-16(18)20(24)26-11-14-10-15(21)8-9-17(14)25-3/h4-10,13H,11-12H2,1-3H3,(H,22,23). The number of nitrogens with one attached hydrogen (secondary N) is 1. The summed E-state index contributed by atoms with van der Waals surface area (Å²) in [5.41, 5.74) is 0.794. The number of hydrogen-bond donors (Lipinski definition) is 1. The van der Waals surface area contributed by atoms with Gasteiger partial charge in [0.15, 0.2) is 0 Å². The lowest BCUT2D eigenvalue weighted by atomic mass is 10.2. The van der Waals surface area contributed by atoms with Gasteiger partial charge in [-0.3, -0.25) is 4.79 Å². The van der Waals surface area contributed by atoms with Gasteiger partial charge in [0.05, 0.1) is 18.4 Å². The molecule has 2 aromatic rings. The SMILES string of the molecule is COc1ccc(F)cc1COC(=O)c1ccccc1SCC(=O)NC(C)C. The maximum absolute atomic E-state index is 13.4. The molecule has 0 heterocycles. The number of benzene rings is 2. The molecule has 27 heavy (non-hydrogen) atoms. The average Bonchev–Trinajstić information content (AvgIpc) is 2.64. The summed E-state index contributed by atoms with van der Waals surface area (Å²) in [6.45, 7) is 3.65. The summed E-state index contributed by atoms with van der Waals surface area (Å²) in [5, 5.41) is 2.80. The summed E-state index contributed by atoms with van der Waals surface area (Å²) < 4.78 is 23.9. The number of methoxy groups -OCH3 is 1. The topological polar surface area (TPSA) is 64.6 Å². The highest BCUT2D eigenvalue weighted by Gasteiger charge is 2.15. The van der Waals surface area contributed by atoms with Gasteiger partial charge in [0.25, 0.3) is 0 Å². The molecule has 0 atom stereocenters. The van der Waals surface area contributed by atoms with Crippen LogP contribution in [0.3, 0.4) is 0 Å². The zero-order chi connectivity index (χ0) is 19.8. The number of amides is 1. The molecule has 0 unspecified atom stereocenters. The average molecular weight is 391 g/mol. The van der Waals surface area contributed by atoms with E-state index in [0.717, 1.165) is 0 Å². The molecule has 0 aliphatic heterocycles. The highest BCUT2D eigenvalue weighted by molar-refractivity contribution is 8.00. The van der Waals surface area contributed by atoms with Gasteiger partial charge in [-0.1, -0.05) is 12.1 Å². The van der Waals surface area contributed by atoms with Crippen LogP contribution in [0.15, 0.2) is 47.4 Å². The minimum absolute atomic E-state index is 0.0551. The molecule has 0 aliphatic rings. The van der Waals surface area contributed by atoms with E-state index in [2.05, 4.69) is 5.32 Å². The number of ether oxygens (including phenoxy) is 2. The molecular weight excluding hydrogens is 369 g/mol. The van der Waals surface area contributed by atoms with Crippen LogP contribution in [0.1, 0.15) is 29.8 Å². The molecule has 0 bridgehead atoms. The summed E-state index contributed by atoms with van der Waals surface area (Å²) >= 11 is 1.26. The molecular formula is C20H22FNO4S. The van der Waals surface area contributed by atoms with E-state index in [-0.39, 0.29) is 24.3 Å². The van der Waals surface area contributed by atoms with Crippen molar-refractivity contribution in [3.05, 3.63) is 59.4 Å². The molecule has 0 fully saturated rings. The Kier molecular flexibility index (Phi) is 7.67. The molecule has 0 spiro atoms. The fraction of sp³-hybridized carbons (Fsp3) is 0.300. The lowest BCUT2D eigenvalue weighted by Crippen LogP contribution is -2.31. The number of hydrogen-bond acceptors (Lipinski definition) is 5. The minimum Gasteiger partial charge on any atom is -0.496 e. The van der Waals surface area contributed by atoms with Gasteiger partial charge in [-0.25, -0.2) is 9.18 Å². The predicted octanol–water partition coefficient (Wildman–Crippen LogP) is 3.81. The number of halogens is 1. The largest absolute Gasteiger partial charge is 0.496 e. The lowest BCUT2D eigenvalue weighted by Gasteiger charge is -2.12. The van der Waals surface area contributed by atoms with Crippen LogP contribution in [-0.2, 0) is 16.1 Å². The molecule has 2 aromatic carbocycles. The molecule has 0 aliphatic carbocycles. The highest BCUT2D eigenvalue weighted by atomic mass is 32.2. The second kappa shape index (κ2) is 9.97. The van der Waals surface area contributed by atoms with Crippen LogP contribution in [-0.4, -0.2) is 30.8 Å². The Morgan fingerprint density at radius 3 is 2.63 bits per heavy atom. The maximum atomic E-state index is 13.4. The second-order valence-electron chi connectivity index (χ2n) is 6.04.